The fraction of sp³-hybridized carbons (Fsp3) is 0.409. The third-order valence-corrected chi connectivity index (χ3v) is 8.08. The van der Waals surface area contributed by atoms with Crippen molar-refractivity contribution in [3.05, 3.63) is 58.0 Å². The first-order valence-electron chi connectivity index (χ1n) is 10.5. The molecule has 0 aliphatic carbocycles. The lowest BCUT2D eigenvalue weighted by Crippen LogP contribution is -2.50. The van der Waals surface area contributed by atoms with Gasteiger partial charge < -0.3 is 4.90 Å². The number of sulfonamides is 1. The first-order valence-corrected chi connectivity index (χ1v) is 12.3. The largest absolute Gasteiger partial charge is 0.340 e. The van der Waals surface area contributed by atoms with Gasteiger partial charge in [0.2, 0.25) is 15.9 Å². The summed E-state index contributed by atoms with van der Waals surface area (Å²) in [5.41, 5.74) is 4.64. The number of benzene rings is 1. The monoisotopic (exact) mass is 475 g/mol. The maximum absolute atomic E-state index is 12.8. The van der Waals surface area contributed by atoms with Crippen LogP contribution < -0.4 is 0 Å². The first kappa shape index (κ1) is 22.7. The Morgan fingerprint density at radius 2 is 1.72 bits per heavy atom. The summed E-state index contributed by atoms with van der Waals surface area (Å²) in [7, 11) is -3.59. The molecule has 1 fully saturated rings. The minimum Gasteiger partial charge on any atom is -0.340 e. The predicted molar refractivity (Wildman–Crippen MR) is 122 cm³/mol. The Morgan fingerprint density at radius 1 is 1.06 bits per heavy atom. The van der Waals surface area contributed by atoms with Crippen molar-refractivity contribution < 1.29 is 13.2 Å². The molecule has 1 aliphatic heterocycles. The molecule has 4 rings (SSSR count). The first-order chi connectivity index (χ1) is 15.2. The van der Waals surface area contributed by atoms with E-state index in [9.17, 15) is 13.2 Å². The molecule has 0 unspecified atom stereocenters. The van der Waals surface area contributed by atoms with Crippen LogP contribution in [0.5, 0.6) is 0 Å². The van der Waals surface area contributed by atoms with Crippen molar-refractivity contribution in [3.63, 3.8) is 0 Å². The van der Waals surface area contributed by atoms with Crippen LogP contribution in [-0.4, -0.2) is 64.3 Å². The number of piperazine rings is 1. The highest BCUT2D eigenvalue weighted by atomic mass is 35.5. The minimum atomic E-state index is -3.59. The molecule has 0 spiro atoms. The highest BCUT2D eigenvalue weighted by Gasteiger charge is 2.30. The number of nitrogens with zero attached hydrogens (tertiary/aromatic N) is 5. The highest BCUT2D eigenvalue weighted by molar-refractivity contribution is 7.89. The summed E-state index contributed by atoms with van der Waals surface area (Å²) in [6, 6.07) is 8.08. The van der Waals surface area contributed by atoms with E-state index in [2.05, 4.69) is 10.1 Å². The summed E-state index contributed by atoms with van der Waals surface area (Å²) >= 11 is 5.86. The Morgan fingerprint density at radius 3 is 2.38 bits per heavy atom. The summed E-state index contributed by atoms with van der Waals surface area (Å²) < 4.78 is 28.9. The van der Waals surface area contributed by atoms with Crippen LogP contribution in [0.4, 0.5) is 0 Å². The van der Waals surface area contributed by atoms with Gasteiger partial charge in [0.15, 0.2) is 5.65 Å². The molecule has 0 N–H and O–H groups in total. The molecular weight excluding hydrogens is 450 g/mol. The molecule has 3 aromatic rings. The molecule has 0 radical (unpaired) electrons. The topological polar surface area (TPSA) is 87.9 Å². The fourth-order valence-electron chi connectivity index (χ4n) is 4.13. The molecule has 10 heteroatoms. The molecule has 2 aromatic heterocycles. The second-order valence-corrected chi connectivity index (χ2v) is 10.4. The van der Waals surface area contributed by atoms with Crippen molar-refractivity contribution in [2.24, 2.45) is 0 Å². The molecule has 0 atom stereocenters. The van der Waals surface area contributed by atoms with Crippen LogP contribution in [-0.2, 0) is 21.2 Å². The number of aryl methyl sites for hydroxylation is 3. The summed E-state index contributed by atoms with van der Waals surface area (Å²) in [5, 5.41) is 4.97. The smallest absolute Gasteiger partial charge is 0.243 e. The maximum atomic E-state index is 12.8. The summed E-state index contributed by atoms with van der Waals surface area (Å²) in [6.07, 6.45) is 0.917. The standard InChI is InChI=1S/C22H26ClN5O3S/c1-15-14-21-24-16(2)20(17(3)28(21)25-15)8-9-22(29)26-10-12-27(13-11-26)32(30,31)19-6-4-18(23)5-7-19/h4-7,14H,8-13H2,1-3H3. The summed E-state index contributed by atoms with van der Waals surface area (Å²) in [4.78, 5) is 19.4. The zero-order valence-electron chi connectivity index (χ0n) is 18.4. The van der Waals surface area contributed by atoms with E-state index in [-0.39, 0.29) is 23.9 Å². The van der Waals surface area contributed by atoms with Gasteiger partial charge >= 0.3 is 0 Å². The van der Waals surface area contributed by atoms with Gasteiger partial charge in [-0.3, -0.25) is 4.79 Å². The van der Waals surface area contributed by atoms with E-state index < -0.39 is 10.0 Å². The summed E-state index contributed by atoms with van der Waals surface area (Å²) in [6.45, 7) is 7.17. The van der Waals surface area contributed by atoms with Crippen molar-refractivity contribution in [1.82, 2.24) is 23.8 Å². The molecule has 3 heterocycles. The van der Waals surface area contributed by atoms with E-state index >= 15 is 0 Å². The van der Waals surface area contributed by atoms with Gasteiger partial charge in [-0.05, 0) is 57.0 Å². The van der Waals surface area contributed by atoms with Crippen molar-refractivity contribution in [1.29, 1.82) is 0 Å². The van der Waals surface area contributed by atoms with E-state index in [1.807, 2.05) is 31.4 Å². The van der Waals surface area contributed by atoms with Gasteiger partial charge in [-0.15, -0.1) is 0 Å². The molecule has 1 aliphatic rings. The Labute approximate surface area is 192 Å². The Bertz CT molecular complexity index is 1260. The molecule has 32 heavy (non-hydrogen) atoms. The third-order valence-electron chi connectivity index (χ3n) is 5.92. The van der Waals surface area contributed by atoms with Crippen molar-refractivity contribution in [2.45, 2.75) is 38.5 Å². The van der Waals surface area contributed by atoms with Gasteiger partial charge in [0.05, 0.1) is 10.6 Å². The van der Waals surface area contributed by atoms with Crippen molar-refractivity contribution in [3.8, 4) is 0 Å². The number of amides is 1. The molecule has 1 aromatic carbocycles. The third kappa shape index (κ3) is 4.37. The van der Waals surface area contributed by atoms with E-state index in [1.54, 1.807) is 17.0 Å². The lowest BCUT2D eigenvalue weighted by molar-refractivity contribution is -0.132. The lowest BCUT2D eigenvalue weighted by atomic mass is 10.1. The minimum absolute atomic E-state index is 0.0177. The number of hydrogen-bond donors (Lipinski definition) is 0. The molecule has 8 nitrogen and oxygen atoms in total. The molecular formula is C22H26ClN5O3S. The normalized spacial score (nSPS) is 15.4. The van der Waals surface area contributed by atoms with Crippen LogP contribution in [0.25, 0.3) is 5.65 Å². The van der Waals surface area contributed by atoms with Crippen LogP contribution in [0.1, 0.15) is 29.1 Å². The maximum Gasteiger partial charge on any atom is 0.243 e. The number of hydrogen-bond acceptors (Lipinski definition) is 5. The van der Waals surface area contributed by atoms with Gasteiger partial charge in [-0.25, -0.2) is 17.9 Å². The zero-order valence-corrected chi connectivity index (χ0v) is 19.9. The molecule has 170 valence electrons. The number of carbonyl (C=O) groups excluding carboxylic acids is 1. The highest BCUT2D eigenvalue weighted by Crippen LogP contribution is 2.21. The van der Waals surface area contributed by atoms with Crippen molar-refractivity contribution in [2.75, 3.05) is 26.2 Å². The Balaban J connectivity index is 1.38. The van der Waals surface area contributed by atoms with Crippen LogP contribution >= 0.6 is 11.6 Å². The second kappa shape index (κ2) is 8.80. The van der Waals surface area contributed by atoms with Crippen LogP contribution in [0.3, 0.4) is 0 Å². The SMILES string of the molecule is Cc1cc2nc(C)c(CCC(=O)N3CCN(S(=O)(=O)c4ccc(Cl)cc4)CC3)c(C)n2n1. The van der Waals surface area contributed by atoms with Gasteiger partial charge in [-0.2, -0.15) is 9.40 Å². The molecule has 0 saturated carbocycles. The van der Waals surface area contributed by atoms with E-state index in [1.165, 1.54) is 16.4 Å². The lowest BCUT2D eigenvalue weighted by Gasteiger charge is -2.34. The number of aromatic nitrogens is 3. The van der Waals surface area contributed by atoms with Gasteiger partial charge in [0, 0.05) is 55.1 Å². The zero-order chi connectivity index (χ0) is 23.0. The van der Waals surface area contributed by atoms with Crippen molar-refractivity contribution >= 4 is 33.2 Å². The van der Waals surface area contributed by atoms with Crippen LogP contribution in [0, 0.1) is 20.8 Å². The Kier molecular flexibility index (Phi) is 6.24. The second-order valence-electron chi connectivity index (χ2n) is 8.06. The number of fused-ring (bicyclic) bond motifs is 1. The quantitative estimate of drug-likeness (QED) is 0.566. The van der Waals surface area contributed by atoms with E-state index in [0.29, 0.717) is 31.0 Å². The number of halogens is 1. The fourth-order valence-corrected chi connectivity index (χ4v) is 5.67. The van der Waals surface area contributed by atoms with E-state index in [4.69, 9.17) is 11.6 Å². The van der Waals surface area contributed by atoms with Gasteiger partial charge in [-0.1, -0.05) is 11.6 Å². The average molecular weight is 476 g/mol. The van der Waals surface area contributed by atoms with Crippen LogP contribution in [0.15, 0.2) is 35.2 Å². The molecule has 1 amide bonds. The van der Waals surface area contributed by atoms with E-state index in [0.717, 1.165) is 28.3 Å². The van der Waals surface area contributed by atoms with Gasteiger partial charge in [0.25, 0.3) is 0 Å². The average Bonchev–Trinajstić information content (AvgIpc) is 3.14. The number of carbonyl (C=O) groups is 1. The summed E-state index contributed by atoms with van der Waals surface area (Å²) in [5.74, 6) is 0.0177. The Hall–Kier alpha value is -2.49. The van der Waals surface area contributed by atoms with Gasteiger partial charge in [0.1, 0.15) is 0 Å². The number of rotatable bonds is 5. The molecule has 0 bridgehead atoms. The molecule has 1 saturated heterocycles. The predicted octanol–water partition coefficient (Wildman–Crippen LogP) is 2.77. The van der Waals surface area contributed by atoms with Crippen LogP contribution in [0.2, 0.25) is 5.02 Å².